The Morgan fingerprint density at radius 1 is 1.11 bits per heavy atom. The van der Waals surface area contributed by atoms with Crippen LogP contribution < -0.4 is 5.73 Å². The highest BCUT2D eigenvalue weighted by Crippen LogP contribution is 2.15. The quantitative estimate of drug-likeness (QED) is 0.812. The number of hydrogen-bond donors (Lipinski definition) is 1. The molecular weight excluding hydrogens is 293 g/mol. The second-order valence-electron chi connectivity index (χ2n) is 4.34. The zero-order valence-electron chi connectivity index (χ0n) is 10.5. The van der Waals surface area contributed by atoms with Gasteiger partial charge >= 0.3 is 0 Å². The summed E-state index contributed by atoms with van der Waals surface area (Å²) in [4.78, 5) is 0. The van der Waals surface area contributed by atoms with Crippen molar-refractivity contribution in [1.29, 1.82) is 0 Å². The van der Waals surface area contributed by atoms with E-state index in [2.05, 4.69) is 0 Å². The summed E-state index contributed by atoms with van der Waals surface area (Å²) in [5.41, 5.74) is 6.23. The lowest BCUT2D eigenvalue weighted by molar-refractivity contribution is 0.589. The van der Waals surface area contributed by atoms with Crippen molar-refractivity contribution in [3.05, 3.63) is 35.1 Å². The van der Waals surface area contributed by atoms with Gasteiger partial charge in [-0.1, -0.05) is 6.07 Å². The van der Waals surface area contributed by atoms with Gasteiger partial charge in [0, 0.05) is 12.8 Å². The van der Waals surface area contributed by atoms with Crippen LogP contribution in [0.4, 0.5) is 4.39 Å². The molecule has 108 valence electrons. The number of sulfone groups is 2. The van der Waals surface area contributed by atoms with Crippen LogP contribution >= 0.6 is 0 Å². The van der Waals surface area contributed by atoms with Crippen molar-refractivity contribution >= 4 is 19.7 Å². The molecule has 0 aromatic heterocycles. The predicted octanol–water partition coefficient (Wildman–Crippen LogP) is 0.244. The molecule has 2 N–H and O–H groups in total. The number of nitrogens with two attached hydrogens (primary N) is 1. The van der Waals surface area contributed by atoms with E-state index >= 15 is 0 Å². The third-order valence-electron chi connectivity index (χ3n) is 2.53. The first kappa shape index (κ1) is 16.1. The summed E-state index contributed by atoms with van der Waals surface area (Å²) in [5.74, 6) is -1.70. The Morgan fingerprint density at radius 2 is 1.74 bits per heavy atom. The van der Waals surface area contributed by atoms with E-state index in [0.717, 1.165) is 12.3 Å². The summed E-state index contributed by atoms with van der Waals surface area (Å²) in [6.45, 7) is 0.0225. The highest BCUT2D eigenvalue weighted by molar-refractivity contribution is 7.94. The number of rotatable bonds is 6. The molecule has 5 nitrogen and oxygen atoms in total. The number of halogens is 1. The monoisotopic (exact) mass is 309 g/mol. The van der Waals surface area contributed by atoms with Crippen LogP contribution in [0.3, 0.4) is 0 Å². The maximum absolute atomic E-state index is 13.0. The highest BCUT2D eigenvalue weighted by Gasteiger charge is 2.17. The molecule has 0 fully saturated rings. The van der Waals surface area contributed by atoms with Gasteiger partial charge < -0.3 is 5.73 Å². The van der Waals surface area contributed by atoms with E-state index in [1.54, 1.807) is 0 Å². The minimum absolute atomic E-state index is 0.0225. The van der Waals surface area contributed by atoms with E-state index in [-0.39, 0.29) is 12.3 Å². The third-order valence-corrected chi connectivity index (χ3v) is 5.31. The van der Waals surface area contributed by atoms with Crippen molar-refractivity contribution in [2.75, 3.05) is 17.8 Å². The molecule has 0 saturated carbocycles. The standard InChI is InChI=1S/C11H16FNO4S2/c1-18(14,15)4-5-19(16,17)8-9-2-3-11(12)6-10(9)7-13/h2-3,6H,4-5,7-8,13H2,1H3. The van der Waals surface area contributed by atoms with E-state index in [9.17, 15) is 21.2 Å². The molecular formula is C11H16FNO4S2. The summed E-state index contributed by atoms with van der Waals surface area (Å²) in [6.07, 6.45) is 0.978. The van der Waals surface area contributed by atoms with Crippen LogP contribution in [0.1, 0.15) is 11.1 Å². The van der Waals surface area contributed by atoms with Crippen LogP contribution in [-0.2, 0) is 32.0 Å². The second kappa shape index (κ2) is 5.98. The van der Waals surface area contributed by atoms with Crippen LogP contribution in [0.15, 0.2) is 18.2 Å². The molecule has 0 radical (unpaired) electrons. The summed E-state index contributed by atoms with van der Waals surface area (Å²) in [6, 6.07) is 3.69. The topological polar surface area (TPSA) is 94.3 Å². The smallest absolute Gasteiger partial charge is 0.155 e. The molecule has 8 heteroatoms. The number of benzene rings is 1. The molecule has 0 aliphatic carbocycles. The van der Waals surface area contributed by atoms with Crippen LogP contribution in [0.2, 0.25) is 0 Å². The van der Waals surface area contributed by atoms with Crippen LogP contribution in [0.5, 0.6) is 0 Å². The van der Waals surface area contributed by atoms with Crippen LogP contribution in [0, 0.1) is 5.82 Å². The van der Waals surface area contributed by atoms with Crippen LogP contribution in [-0.4, -0.2) is 34.6 Å². The van der Waals surface area contributed by atoms with E-state index < -0.39 is 37.0 Å². The third kappa shape index (κ3) is 5.66. The fourth-order valence-corrected chi connectivity index (χ4v) is 4.64. The fourth-order valence-electron chi connectivity index (χ4n) is 1.51. The van der Waals surface area contributed by atoms with Crippen molar-refractivity contribution in [2.24, 2.45) is 5.73 Å². The van der Waals surface area contributed by atoms with Crippen molar-refractivity contribution in [3.63, 3.8) is 0 Å². The minimum Gasteiger partial charge on any atom is -0.326 e. The van der Waals surface area contributed by atoms with Gasteiger partial charge in [-0.3, -0.25) is 0 Å². The molecule has 0 bridgehead atoms. The van der Waals surface area contributed by atoms with Gasteiger partial charge in [-0.25, -0.2) is 21.2 Å². The first-order valence-electron chi connectivity index (χ1n) is 5.48. The molecule has 19 heavy (non-hydrogen) atoms. The van der Waals surface area contributed by atoms with Gasteiger partial charge in [0.2, 0.25) is 0 Å². The lowest BCUT2D eigenvalue weighted by Gasteiger charge is -2.08. The molecule has 1 aromatic carbocycles. The summed E-state index contributed by atoms with van der Waals surface area (Å²) in [7, 11) is -6.91. The van der Waals surface area contributed by atoms with Gasteiger partial charge in [0.15, 0.2) is 9.84 Å². The van der Waals surface area contributed by atoms with Crippen molar-refractivity contribution < 1.29 is 21.2 Å². The molecule has 0 unspecified atom stereocenters. The highest BCUT2D eigenvalue weighted by atomic mass is 32.2. The Labute approximate surface area is 112 Å². The second-order valence-corrected chi connectivity index (χ2v) is 8.78. The molecule has 0 saturated heterocycles. The first-order chi connectivity index (χ1) is 8.63. The lowest BCUT2D eigenvalue weighted by Crippen LogP contribution is -2.18. The molecule has 0 spiro atoms. The van der Waals surface area contributed by atoms with E-state index in [4.69, 9.17) is 5.73 Å². The lowest BCUT2D eigenvalue weighted by atomic mass is 10.1. The summed E-state index contributed by atoms with van der Waals surface area (Å²) < 4.78 is 58.5. The zero-order chi connectivity index (χ0) is 14.7. The number of hydrogen-bond acceptors (Lipinski definition) is 5. The molecule has 0 aliphatic rings. The summed E-state index contributed by atoms with van der Waals surface area (Å²) in [5, 5.41) is 0. The van der Waals surface area contributed by atoms with Gasteiger partial charge in [0.25, 0.3) is 0 Å². The average Bonchev–Trinajstić information content (AvgIpc) is 2.28. The SMILES string of the molecule is CS(=O)(=O)CCS(=O)(=O)Cc1ccc(F)cc1CN. The summed E-state index contributed by atoms with van der Waals surface area (Å²) >= 11 is 0. The minimum atomic E-state index is -3.57. The maximum atomic E-state index is 13.0. The Kier molecular flexibility index (Phi) is 5.05. The molecule has 1 aromatic rings. The first-order valence-corrected chi connectivity index (χ1v) is 9.37. The molecule has 0 atom stereocenters. The Bertz CT molecular complexity index is 653. The van der Waals surface area contributed by atoms with Gasteiger partial charge in [-0.2, -0.15) is 0 Å². The Balaban J connectivity index is 2.90. The zero-order valence-corrected chi connectivity index (χ0v) is 12.1. The molecule has 0 amide bonds. The van der Waals surface area contributed by atoms with E-state index in [0.29, 0.717) is 11.1 Å². The molecule has 0 heterocycles. The van der Waals surface area contributed by atoms with Gasteiger partial charge in [-0.15, -0.1) is 0 Å². The van der Waals surface area contributed by atoms with Crippen molar-refractivity contribution in [3.8, 4) is 0 Å². The predicted molar refractivity (Wildman–Crippen MR) is 71.5 cm³/mol. The van der Waals surface area contributed by atoms with Crippen molar-refractivity contribution in [2.45, 2.75) is 12.3 Å². The van der Waals surface area contributed by atoms with Gasteiger partial charge in [-0.05, 0) is 23.3 Å². The maximum Gasteiger partial charge on any atom is 0.155 e. The van der Waals surface area contributed by atoms with E-state index in [1.165, 1.54) is 12.1 Å². The van der Waals surface area contributed by atoms with Crippen LogP contribution in [0.25, 0.3) is 0 Å². The normalized spacial score (nSPS) is 12.6. The van der Waals surface area contributed by atoms with Crippen molar-refractivity contribution in [1.82, 2.24) is 0 Å². The van der Waals surface area contributed by atoms with Gasteiger partial charge in [0.1, 0.15) is 15.7 Å². The molecule has 1 rings (SSSR count). The van der Waals surface area contributed by atoms with Gasteiger partial charge in [0.05, 0.1) is 17.3 Å². The fraction of sp³-hybridized carbons (Fsp3) is 0.455. The Morgan fingerprint density at radius 3 is 2.26 bits per heavy atom. The molecule has 0 aliphatic heterocycles. The average molecular weight is 309 g/mol. The Hall–Kier alpha value is -0.990. The van der Waals surface area contributed by atoms with E-state index in [1.807, 2.05) is 0 Å². The largest absolute Gasteiger partial charge is 0.326 e.